The molecule has 0 aliphatic rings. The first-order valence-electron chi connectivity index (χ1n) is 5.35. The SMILES string of the molecule is Cc1ccc(OCc2nnc3sc(=S)[nH]n23)cc1. The molecule has 7 heteroatoms. The molecular weight excluding hydrogens is 268 g/mol. The lowest BCUT2D eigenvalue weighted by Crippen LogP contribution is -2.02. The van der Waals surface area contributed by atoms with Gasteiger partial charge >= 0.3 is 0 Å². The van der Waals surface area contributed by atoms with Crippen LogP contribution in [0.1, 0.15) is 11.4 Å². The largest absolute Gasteiger partial charge is 0.486 e. The highest BCUT2D eigenvalue weighted by Crippen LogP contribution is 2.14. The standard InChI is InChI=1S/C11H10N4OS2/c1-7-2-4-8(5-3-7)16-6-9-12-13-10-15(9)14-11(17)18-10/h2-5H,6H2,1H3,(H,14,17). The summed E-state index contributed by atoms with van der Waals surface area (Å²) in [5.41, 5.74) is 1.20. The molecule has 3 rings (SSSR count). The van der Waals surface area contributed by atoms with Crippen LogP contribution in [-0.4, -0.2) is 19.8 Å². The molecule has 0 unspecified atom stereocenters. The van der Waals surface area contributed by atoms with Gasteiger partial charge in [-0.15, -0.1) is 10.2 Å². The van der Waals surface area contributed by atoms with Gasteiger partial charge in [-0.05, 0) is 31.3 Å². The highest BCUT2D eigenvalue weighted by molar-refractivity contribution is 7.73. The fourth-order valence-corrected chi connectivity index (χ4v) is 2.49. The Labute approximate surface area is 112 Å². The molecular formula is C11H10N4OS2. The molecule has 0 saturated heterocycles. The van der Waals surface area contributed by atoms with Gasteiger partial charge in [-0.2, -0.15) is 0 Å². The van der Waals surface area contributed by atoms with Crippen LogP contribution >= 0.6 is 23.6 Å². The number of nitrogens with zero attached hydrogens (tertiary/aromatic N) is 3. The van der Waals surface area contributed by atoms with E-state index in [0.29, 0.717) is 16.4 Å². The van der Waals surface area contributed by atoms with Crippen LogP contribution in [0.25, 0.3) is 4.96 Å². The van der Waals surface area contributed by atoms with E-state index < -0.39 is 0 Å². The summed E-state index contributed by atoms with van der Waals surface area (Å²) in [5, 5.41) is 11.1. The molecule has 0 aliphatic heterocycles. The molecule has 0 fully saturated rings. The van der Waals surface area contributed by atoms with Gasteiger partial charge in [0, 0.05) is 0 Å². The molecule has 2 aromatic heterocycles. The summed E-state index contributed by atoms with van der Waals surface area (Å²) in [6.45, 7) is 2.39. The van der Waals surface area contributed by atoms with E-state index >= 15 is 0 Å². The van der Waals surface area contributed by atoms with Gasteiger partial charge < -0.3 is 4.74 Å². The Kier molecular flexibility index (Phi) is 2.85. The van der Waals surface area contributed by atoms with Gasteiger partial charge in [0.15, 0.2) is 9.78 Å². The molecule has 1 N–H and O–H groups in total. The Morgan fingerprint density at radius 1 is 1.33 bits per heavy atom. The molecule has 0 atom stereocenters. The number of fused-ring (bicyclic) bond motifs is 1. The summed E-state index contributed by atoms with van der Waals surface area (Å²) in [6, 6.07) is 7.88. The van der Waals surface area contributed by atoms with E-state index in [1.807, 2.05) is 31.2 Å². The van der Waals surface area contributed by atoms with Crippen molar-refractivity contribution >= 4 is 28.5 Å². The first kappa shape index (κ1) is 11.4. The minimum Gasteiger partial charge on any atom is -0.486 e. The lowest BCUT2D eigenvalue weighted by atomic mass is 10.2. The number of hydrogen-bond donors (Lipinski definition) is 1. The third kappa shape index (κ3) is 2.14. The summed E-state index contributed by atoms with van der Waals surface area (Å²) < 4.78 is 8.08. The number of aryl methyl sites for hydroxylation is 1. The van der Waals surface area contributed by atoms with Crippen molar-refractivity contribution in [2.75, 3.05) is 0 Å². The summed E-state index contributed by atoms with van der Waals surface area (Å²) in [5.74, 6) is 1.52. The maximum absolute atomic E-state index is 5.65. The number of benzene rings is 1. The van der Waals surface area contributed by atoms with Crippen LogP contribution in [0.2, 0.25) is 0 Å². The molecule has 92 valence electrons. The van der Waals surface area contributed by atoms with Gasteiger partial charge in [0.05, 0.1) is 0 Å². The lowest BCUT2D eigenvalue weighted by molar-refractivity contribution is 0.292. The van der Waals surface area contributed by atoms with Gasteiger partial charge in [0.25, 0.3) is 0 Å². The number of nitrogens with one attached hydrogen (secondary N) is 1. The van der Waals surface area contributed by atoms with E-state index in [1.165, 1.54) is 16.9 Å². The molecule has 3 aromatic rings. The third-order valence-electron chi connectivity index (χ3n) is 2.48. The van der Waals surface area contributed by atoms with Crippen molar-refractivity contribution in [3.63, 3.8) is 0 Å². The van der Waals surface area contributed by atoms with Gasteiger partial charge in [-0.25, -0.2) is 4.52 Å². The maximum atomic E-state index is 5.65. The van der Waals surface area contributed by atoms with E-state index in [1.54, 1.807) is 4.52 Å². The van der Waals surface area contributed by atoms with Crippen LogP contribution in [0.5, 0.6) is 5.75 Å². The second kappa shape index (κ2) is 4.51. The normalized spacial score (nSPS) is 10.9. The average Bonchev–Trinajstić information content (AvgIpc) is 2.88. The van der Waals surface area contributed by atoms with Crippen molar-refractivity contribution in [3.8, 4) is 5.75 Å². The summed E-state index contributed by atoms with van der Waals surface area (Å²) >= 11 is 6.44. The van der Waals surface area contributed by atoms with Crippen molar-refractivity contribution in [3.05, 3.63) is 39.6 Å². The molecule has 0 saturated carbocycles. The van der Waals surface area contributed by atoms with Gasteiger partial charge in [-0.1, -0.05) is 29.0 Å². The zero-order valence-corrected chi connectivity index (χ0v) is 11.2. The molecule has 0 aliphatic carbocycles. The Morgan fingerprint density at radius 2 is 2.11 bits per heavy atom. The fourth-order valence-electron chi connectivity index (χ4n) is 1.55. The Balaban J connectivity index is 1.80. The number of aromatic nitrogens is 4. The highest BCUT2D eigenvalue weighted by Gasteiger charge is 2.08. The van der Waals surface area contributed by atoms with Crippen LogP contribution in [0.15, 0.2) is 24.3 Å². The van der Waals surface area contributed by atoms with E-state index in [-0.39, 0.29) is 0 Å². The van der Waals surface area contributed by atoms with Crippen LogP contribution in [0.4, 0.5) is 0 Å². The molecule has 18 heavy (non-hydrogen) atoms. The van der Waals surface area contributed by atoms with Crippen LogP contribution in [0, 0.1) is 10.9 Å². The molecule has 5 nitrogen and oxygen atoms in total. The van der Waals surface area contributed by atoms with Gasteiger partial charge in [0.2, 0.25) is 4.96 Å². The third-order valence-corrected chi connectivity index (χ3v) is 3.54. The molecule has 0 bridgehead atoms. The second-order valence-corrected chi connectivity index (χ2v) is 5.48. The molecule has 0 spiro atoms. The zero-order chi connectivity index (χ0) is 12.5. The monoisotopic (exact) mass is 278 g/mol. The van der Waals surface area contributed by atoms with Crippen molar-refractivity contribution in [1.82, 2.24) is 19.8 Å². The number of rotatable bonds is 3. The van der Waals surface area contributed by atoms with E-state index in [2.05, 4.69) is 15.3 Å². The van der Waals surface area contributed by atoms with Gasteiger partial charge in [0.1, 0.15) is 12.4 Å². The Hall–Kier alpha value is -1.73. The highest BCUT2D eigenvalue weighted by atomic mass is 32.1. The second-order valence-electron chi connectivity index (χ2n) is 3.84. The molecule has 1 aromatic carbocycles. The van der Waals surface area contributed by atoms with Crippen LogP contribution < -0.4 is 4.74 Å². The predicted octanol–water partition coefficient (Wildman–Crippen LogP) is 2.74. The first-order chi connectivity index (χ1) is 8.72. The summed E-state index contributed by atoms with van der Waals surface area (Å²) in [6.07, 6.45) is 0. The zero-order valence-electron chi connectivity index (χ0n) is 9.58. The molecule has 0 radical (unpaired) electrons. The van der Waals surface area contributed by atoms with Crippen molar-refractivity contribution in [1.29, 1.82) is 0 Å². The number of H-pyrrole nitrogens is 1. The van der Waals surface area contributed by atoms with E-state index in [0.717, 1.165) is 10.7 Å². The van der Waals surface area contributed by atoms with Crippen LogP contribution in [-0.2, 0) is 6.61 Å². The topological polar surface area (TPSA) is 55.2 Å². The fraction of sp³-hybridized carbons (Fsp3) is 0.182. The van der Waals surface area contributed by atoms with Crippen molar-refractivity contribution in [2.45, 2.75) is 13.5 Å². The van der Waals surface area contributed by atoms with Crippen LogP contribution in [0.3, 0.4) is 0 Å². The van der Waals surface area contributed by atoms with E-state index in [9.17, 15) is 0 Å². The minimum atomic E-state index is 0.353. The minimum absolute atomic E-state index is 0.353. The van der Waals surface area contributed by atoms with E-state index in [4.69, 9.17) is 17.0 Å². The first-order valence-corrected chi connectivity index (χ1v) is 6.57. The number of hydrogen-bond acceptors (Lipinski definition) is 5. The quantitative estimate of drug-likeness (QED) is 0.748. The maximum Gasteiger partial charge on any atom is 0.233 e. The van der Waals surface area contributed by atoms with Gasteiger partial charge in [-0.3, -0.25) is 5.10 Å². The lowest BCUT2D eigenvalue weighted by Gasteiger charge is -2.04. The number of aromatic amines is 1. The van der Waals surface area contributed by atoms with Crippen molar-refractivity contribution < 1.29 is 4.74 Å². The summed E-state index contributed by atoms with van der Waals surface area (Å²) in [4.78, 5) is 0.752. The predicted molar refractivity (Wildman–Crippen MR) is 71.6 cm³/mol. The Bertz CT molecular complexity index is 725. The summed E-state index contributed by atoms with van der Waals surface area (Å²) in [7, 11) is 0. The molecule has 2 heterocycles. The Morgan fingerprint density at radius 3 is 2.89 bits per heavy atom. The smallest absolute Gasteiger partial charge is 0.233 e. The average molecular weight is 278 g/mol. The number of ether oxygens (including phenoxy) is 1. The van der Waals surface area contributed by atoms with Crippen molar-refractivity contribution in [2.24, 2.45) is 0 Å². The molecule has 0 amide bonds.